The van der Waals surface area contributed by atoms with Gasteiger partial charge in [-0.3, -0.25) is 4.79 Å². The van der Waals surface area contributed by atoms with Gasteiger partial charge < -0.3 is 24.3 Å². The predicted molar refractivity (Wildman–Crippen MR) is 85.5 cm³/mol. The Kier molecular flexibility index (Phi) is 12.4. The number of rotatable bonds is 12. The van der Waals surface area contributed by atoms with Crippen LogP contribution in [0.25, 0.3) is 0 Å². The van der Waals surface area contributed by atoms with Crippen LogP contribution in [-0.2, 0) is 23.7 Å². The Balaban J connectivity index is 3.24. The van der Waals surface area contributed by atoms with E-state index in [0.29, 0.717) is 44.9 Å². The molecule has 0 aromatic heterocycles. The zero-order chi connectivity index (χ0) is 16.8. The maximum Gasteiger partial charge on any atom is 0.407 e. The van der Waals surface area contributed by atoms with Crippen molar-refractivity contribution in [3.05, 3.63) is 0 Å². The minimum atomic E-state index is -0.500. The lowest BCUT2D eigenvalue weighted by Gasteiger charge is -2.19. The monoisotopic (exact) mass is 383 g/mol. The van der Waals surface area contributed by atoms with Gasteiger partial charge >= 0.3 is 6.09 Å². The molecule has 0 aliphatic rings. The molecule has 7 nitrogen and oxygen atoms in total. The molecule has 0 saturated carbocycles. The van der Waals surface area contributed by atoms with Gasteiger partial charge in [0.1, 0.15) is 12.2 Å². The number of alkyl halides is 1. The molecule has 0 atom stereocenters. The van der Waals surface area contributed by atoms with Crippen molar-refractivity contribution < 1.29 is 28.5 Å². The largest absolute Gasteiger partial charge is 0.444 e. The number of ketones is 1. The van der Waals surface area contributed by atoms with Crippen LogP contribution in [0.2, 0.25) is 0 Å². The second-order valence-electron chi connectivity index (χ2n) is 5.38. The molecule has 0 heterocycles. The number of Topliss-reactive ketones (excluding diaryl/α,β-unsaturated/α-hetero) is 1. The van der Waals surface area contributed by atoms with Crippen molar-refractivity contribution >= 4 is 27.8 Å². The first-order valence-corrected chi connectivity index (χ1v) is 8.25. The first-order valence-electron chi connectivity index (χ1n) is 7.13. The quantitative estimate of drug-likeness (QED) is 0.406. The van der Waals surface area contributed by atoms with Crippen LogP contribution in [0.1, 0.15) is 20.8 Å². The molecule has 0 rings (SSSR count). The average molecular weight is 384 g/mol. The minimum absolute atomic E-state index is 0.000760. The van der Waals surface area contributed by atoms with Crippen LogP contribution in [0.3, 0.4) is 0 Å². The topological polar surface area (TPSA) is 83.1 Å². The summed E-state index contributed by atoms with van der Waals surface area (Å²) in [6, 6.07) is 0. The zero-order valence-electron chi connectivity index (χ0n) is 13.5. The lowest BCUT2D eigenvalue weighted by molar-refractivity contribution is -0.121. The van der Waals surface area contributed by atoms with E-state index in [0.717, 1.165) is 0 Å². The van der Waals surface area contributed by atoms with Gasteiger partial charge in [-0.1, -0.05) is 15.9 Å². The van der Waals surface area contributed by atoms with Gasteiger partial charge in [0, 0.05) is 6.54 Å². The van der Waals surface area contributed by atoms with E-state index in [-0.39, 0.29) is 12.4 Å². The third-order valence-corrected chi connectivity index (χ3v) is 2.70. The zero-order valence-corrected chi connectivity index (χ0v) is 15.1. The summed E-state index contributed by atoms with van der Waals surface area (Å²) in [5.74, 6) is 0.000760. The normalized spacial score (nSPS) is 11.3. The molecule has 0 unspecified atom stereocenters. The number of hydrogen-bond donors (Lipinski definition) is 1. The van der Waals surface area contributed by atoms with Crippen molar-refractivity contribution in [2.24, 2.45) is 0 Å². The summed E-state index contributed by atoms with van der Waals surface area (Å²) in [6.07, 6.45) is -0.456. The molecule has 0 radical (unpaired) electrons. The van der Waals surface area contributed by atoms with Crippen molar-refractivity contribution in [1.29, 1.82) is 0 Å². The van der Waals surface area contributed by atoms with Crippen molar-refractivity contribution in [3.8, 4) is 0 Å². The van der Waals surface area contributed by atoms with E-state index in [2.05, 4.69) is 21.2 Å². The number of alkyl carbamates (subject to hydrolysis) is 1. The number of ether oxygens (including phenoxy) is 4. The first-order chi connectivity index (χ1) is 10.3. The first kappa shape index (κ1) is 21.3. The van der Waals surface area contributed by atoms with Gasteiger partial charge in [0.25, 0.3) is 0 Å². The van der Waals surface area contributed by atoms with Crippen LogP contribution in [-0.4, -0.2) is 69.0 Å². The van der Waals surface area contributed by atoms with Crippen molar-refractivity contribution in [2.75, 3.05) is 51.5 Å². The van der Waals surface area contributed by atoms with E-state index in [4.69, 9.17) is 18.9 Å². The number of halogens is 1. The Morgan fingerprint density at radius 1 is 0.955 bits per heavy atom. The summed E-state index contributed by atoms with van der Waals surface area (Å²) in [4.78, 5) is 22.2. The van der Waals surface area contributed by atoms with Gasteiger partial charge in [0.15, 0.2) is 5.78 Å². The average Bonchev–Trinajstić information content (AvgIpc) is 2.42. The highest BCUT2D eigenvalue weighted by Gasteiger charge is 2.15. The third kappa shape index (κ3) is 15.7. The highest BCUT2D eigenvalue weighted by Crippen LogP contribution is 2.05. The Morgan fingerprint density at radius 3 is 2.05 bits per heavy atom. The van der Waals surface area contributed by atoms with Gasteiger partial charge in [0.05, 0.1) is 38.4 Å². The smallest absolute Gasteiger partial charge is 0.407 e. The maximum absolute atomic E-state index is 11.3. The summed E-state index contributed by atoms with van der Waals surface area (Å²) in [7, 11) is 0. The second-order valence-corrected chi connectivity index (χ2v) is 5.94. The van der Waals surface area contributed by atoms with Crippen molar-refractivity contribution in [2.45, 2.75) is 26.4 Å². The van der Waals surface area contributed by atoms with E-state index in [1.165, 1.54) is 0 Å². The van der Waals surface area contributed by atoms with Crippen LogP contribution in [0.15, 0.2) is 0 Å². The van der Waals surface area contributed by atoms with E-state index in [1.54, 1.807) is 20.8 Å². The van der Waals surface area contributed by atoms with Crippen LogP contribution < -0.4 is 5.32 Å². The Labute approximate surface area is 140 Å². The van der Waals surface area contributed by atoms with Crippen LogP contribution in [0.4, 0.5) is 4.79 Å². The summed E-state index contributed by atoms with van der Waals surface area (Å²) in [5.41, 5.74) is -0.500. The summed E-state index contributed by atoms with van der Waals surface area (Å²) < 4.78 is 20.7. The fraction of sp³-hybridized carbons (Fsp3) is 0.857. The van der Waals surface area contributed by atoms with Gasteiger partial charge in [-0.05, 0) is 20.8 Å². The number of carbonyl (C=O) groups is 2. The van der Waals surface area contributed by atoms with Crippen molar-refractivity contribution in [3.63, 3.8) is 0 Å². The predicted octanol–water partition coefficient (Wildman–Crippen LogP) is 1.52. The molecule has 0 spiro atoms. The molecule has 130 valence electrons. The lowest BCUT2D eigenvalue weighted by atomic mass is 10.2. The highest BCUT2D eigenvalue weighted by atomic mass is 79.9. The summed E-state index contributed by atoms with van der Waals surface area (Å²) in [6.45, 7) is 7.93. The third-order valence-electron chi connectivity index (χ3n) is 2.07. The molecule has 0 aliphatic carbocycles. The van der Waals surface area contributed by atoms with Crippen LogP contribution in [0.5, 0.6) is 0 Å². The van der Waals surface area contributed by atoms with Gasteiger partial charge in [0.2, 0.25) is 0 Å². The Hall–Kier alpha value is -0.700. The summed E-state index contributed by atoms with van der Waals surface area (Å²) in [5, 5.41) is 2.90. The Morgan fingerprint density at radius 2 is 1.50 bits per heavy atom. The van der Waals surface area contributed by atoms with Crippen LogP contribution in [0, 0.1) is 0 Å². The molecule has 22 heavy (non-hydrogen) atoms. The standard InChI is InChI=1S/C14H26BrNO6/c1-14(2,3)22-13(18)16-4-5-19-6-7-20-8-9-21-11-12(17)10-15/h4-11H2,1-3H3,(H,16,18). The van der Waals surface area contributed by atoms with E-state index in [9.17, 15) is 9.59 Å². The number of carbonyl (C=O) groups excluding carboxylic acids is 2. The van der Waals surface area contributed by atoms with E-state index in [1.807, 2.05) is 0 Å². The molecule has 0 aliphatic heterocycles. The molecular weight excluding hydrogens is 358 g/mol. The molecule has 0 fully saturated rings. The molecule has 1 N–H and O–H groups in total. The number of nitrogens with one attached hydrogen (secondary N) is 1. The van der Waals surface area contributed by atoms with Gasteiger partial charge in [-0.15, -0.1) is 0 Å². The summed E-state index contributed by atoms with van der Waals surface area (Å²) >= 11 is 3.05. The SMILES string of the molecule is CC(C)(C)OC(=O)NCCOCCOCCOCC(=O)CBr. The molecule has 0 bridgehead atoms. The van der Waals surface area contributed by atoms with E-state index < -0.39 is 11.7 Å². The second kappa shape index (κ2) is 12.8. The highest BCUT2D eigenvalue weighted by molar-refractivity contribution is 9.09. The maximum atomic E-state index is 11.3. The van der Waals surface area contributed by atoms with Gasteiger partial charge in [-0.2, -0.15) is 0 Å². The fourth-order valence-corrected chi connectivity index (χ4v) is 1.37. The molecular formula is C14H26BrNO6. The lowest BCUT2D eigenvalue weighted by Crippen LogP contribution is -2.34. The molecule has 0 aromatic carbocycles. The minimum Gasteiger partial charge on any atom is -0.444 e. The Bertz CT molecular complexity index is 319. The van der Waals surface area contributed by atoms with Gasteiger partial charge in [-0.25, -0.2) is 4.79 Å². The molecule has 1 amide bonds. The molecule has 0 aromatic rings. The molecule has 0 saturated heterocycles. The number of hydrogen-bond acceptors (Lipinski definition) is 6. The van der Waals surface area contributed by atoms with E-state index >= 15 is 0 Å². The van der Waals surface area contributed by atoms with Crippen molar-refractivity contribution in [1.82, 2.24) is 5.32 Å². The fourth-order valence-electron chi connectivity index (χ4n) is 1.20. The van der Waals surface area contributed by atoms with Crippen LogP contribution >= 0.6 is 15.9 Å². The number of amides is 1. The molecule has 8 heteroatoms.